The van der Waals surface area contributed by atoms with E-state index in [1.807, 2.05) is 0 Å². The molecule has 1 N–H and O–H groups in total. The molecule has 1 saturated heterocycles. The molecule has 0 radical (unpaired) electrons. The number of hydrogen-bond donors (Lipinski definition) is 1. The average molecular weight is 212 g/mol. The van der Waals surface area contributed by atoms with Gasteiger partial charge in [0.25, 0.3) is 0 Å². The number of piperidine rings is 1. The molecule has 0 amide bonds. The van der Waals surface area contributed by atoms with E-state index < -0.39 is 0 Å². The van der Waals surface area contributed by atoms with Crippen molar-refractivity contribution in [3.8, 4) is 0 Å². The molecule has 0 bridgehead atoms. The van der Waals surface area contributed by atoms with Crippen LogP contribution < -0.4 is 5.32 Å². The molecule has 4 nitrogen and oxygen atoms in total. The van der Waals surface area contributed by atoms with Gasteiger partial charge in [0.15, 0.2) is 0 Å². The Morgan fingerprint density at radius 3 is 3.29 bits per heavy atom. The van der Waals surface area contributed by atoms with E-state index in [0.717, 1.165) is 11.7 Å². The summed E-state index contributed by atoms with van der Waals surface area (Å²) >= 11 is 1.42. The highest BCUT2D eigenvalue weighted by molar-refractivity contribution is 7.09. The van der Waals surface area contributed by atoms with Crippen molar-refractivity contribution in [1.82, 2.24) is 14.3 Å². The lowest BCUT2D eigenvalue weighted by molar-refractivity contribution is 0.194. The van der Waals surface area contributed by atoms with E-state index in [2.05, 4.69) is 26.6 Å². The Kier molecular flexibility index (Phi) is 3.31. The first kappa shape index (κ1) is 9.86. The topological polar surface area (TPSA) is 41.0 Å². The van der Waals surface area contributed by atoms with E-state index in [0.29, 0.717) is 6.04 Å². The highest BCUT2D eigenvalue weighted by Gasteiger charge is 2.18. The molecule has 1 aromatic heterocycles. The fourth-order valence-electron chi connectivity index (χ4n) is 1.86. The Morgan fingerprint density at radius 2 is 2.57 bits per heavy atom. The van der Waals surface area contributed by atoms with Crippen LogP contribution in [0.2, 0.25) is 0 Å². The summed E-state index contributed by atoms with van der Waals surface area (Å²) in [4.78, 5) is 6.53. The van der Waals surface area contributed by atoms with Gasteiger partial charge in [0, 0.05) is 24.1 Å². The number of likely N-dealkylation sites (N-methyl/N-ethyl adjacent to an activating group) is 1. The summed E-state index contributed by atoms with van der Waals surface area (Å²) in [6.07, 6.45) is 5.58. The van der Waals surface area contributed by atoms with E-state index in [1.165, 1.54) is 37.3 Å². The highest BCUT2D eigenvalue weighted by Crippen LogP contribution is 2.16. The monoisotopic (exact) mass is 212 g/mol. The minimum Gasteiger partial charge on any atom is -0.359 e. The van der Waals surface area contributed by atoms with Gasteiger partial charge < -0.3 is 10.2 Å². The summed E-state index contributed by atoms with van der Waals surface area (Å²) in [5.74, 6) is 0. The second kappa shape index (κ2) is 4.70. The summed E-state index contributed by atoms with van der Waals surface area (Å²) in [7, 11) is 2.20. The van der Waals surface area contributed by atoms with E-state index >= 15 is 0 Å². The van der Waals surface area contributed by atoms with Gasteiger partial charge in [-0.2, -0.15) is 4.37 Å². The fourth-order valence-corrected chi connectivity index (χ4v) is 2.29. The molecule has 78 valence electrons. The number of anilines is 1. The first-order chi connectivity index (χ1) is 6.86. The van der Waals surface area contributed by atoms with Crippen LogP contribution in [0.15, 0.2) is 6.33 Å². The zero-order valence-electron chi connectivity index (χ0n) is 8.44. The molecular formula is C9H16N4S. The lowest BCUT2D eigenvalue weighted by Crippen LogP contribution is -2.40. The van der Waals surface area contributed by atoms with Gasteiger partial charge in [-0.05, 0) is 26.4 Å². The van der Waals surface area contributed by atoms with Crippen molar-refractivity contribution in [3.05, 3.63) is 6.33 Å². The summed E-state index contributed by atoms with van der Waals surface area (Å²) in [5, 5.41) is 4.26. The lowest BCUT2D eigenvalue weighted by Gasteiger charge is -2.32. The summed E-state index contributed by atoms with van der Waals surface area (Å²) in [6, 6.07) is 0.660. The fraction of sp³-hybridized carbons (Fsp3) is 0.778. The van der Waals surface area contributed by atoms with Crippen LogP contribution in [0.4, 0.5) is 5.13 Å². The maximum Gasteiger partial charge on any atom is 0.202 e. The van der Waals surface area contributed by atoms with Crippen LogP contribution in [0, 0.1) is 0 Å². The zero-order valence-corrected chi connectivity index (χ0v) is 9.26. The van der Waals surface area contributed by atoms with Gasteiger partial charge in [0.2, 0.25) is 5.13 Å². The second-order valence-corrected chi connectivity index (χ2v) is 4.54. The van der Waals surface area contributed by atoms with Gasteiger partial charge in [0.05, 0.1) is 0 Å². The van der Waals surface area contributed by atoms with Crippen LogP contribution in [-0.2, 0) is 0 Å². The first-order valence-corrected chi connectivity index (χ1v) is 5.84. The predicted octanol–water partition coefficient (Wildman–Crippen LogP) is 1.43. The molecule has 1 aromatic rings. The normalized spacial score (nSPS) is 23.6. The van der Waals surface area contributed by atoms with Gasteiger partial charge in [0.1, 0.15) is 6.33 Å². The van der Waals surface area contributed by atoms with Crippen molar-refractivity contribution >= 4 is 16.7 Å². The zero-order chi connectivity index (χ0) is 9.80. The molecular weight excluding hydrogens is 196 g/mol. The number of aromatic nitrogens is 2. The third-order valence-corrected chi connectivity index (χ3v) is 3.39. The molecule has 0 aliphatic carbocycles. The van der Waals surface area contributed by atoms with Crippen molar-refractivity contribution in [3.63, 3.8) is 0 Å². The highest BCUT2D eigenvalue weighted by atomic mass is 32.1. The molecule has 0 saturated carbocycles. The molecule has 5 heteroatoms. The smallest absolute Gasteiger partial charge is 0.202 e. The molecule has 1 aliphatic heterocycles. The number of rotatable bonds is 3. The summed E-state index contributed by atoms with van der Waals surface area (Å²) < 4.78 is 3.96. The van der Waals surface area contributed by atoms with Gasteiger partial charge >= 0.3 is 0 Å². The van der Waals surface area contributed by atoms with Gasteiger partial charge in [-0.25, -0.2) is 4.98 Å². The van der Waals surface area contributed by atoms with Crippen molar-refractivity contribution < 1.29 is 0 Å². The van der Waals surface area contributed by atoms with Crippen molar-refractivity contribution in [2.24, 2.45) is 0 Å². The maximum absolute atomic E-state index is 4.10. The van der Waals surface area contributed by atoms with Gasteiger partial charge in [-0.1, -0.05) is 6.42 Å². The Hall–Kier alpha value is -0.680. The standard InChI is InChI=1S/C9H16N4S/c1-13-5-3-2-4-8(13)6-10-9-11-7-12-14-9/h7-8H,2-6H2,1H3,(H,10,11,12). The quantitative estimate of drug-likeness (QED) is 0.823. The van der Waals surface area contributed by atoms with Crippen molar-refractivity contribution in [2.75, 3.05) is 25.5 Å². The molecule has 1 unspecified atom stereocenters. The molecule has 1 aliphatic rings. The lowest BCUT2D eigenvalue weighted by atomic mass is 10.0. The van der Waals surface area contributed by atoms with Crippen LogP contribution in [0.3, 0.4) is 0 Å². The minimum absolute atomic E-state index is 0.660. The van der Waals surface area contributed by atoms with Crippen LogP contribution in [0.5, 0.6) is 0 Å². The first-order valence-electron chi connectivity index (χ1n) is 5.07. The van der Waals surface area contributed by atoms with Crippen LogP contribution in [0.25, 0.3) is 0 Å². The number of nitrogens with zero attached hydrogens (tertiary/aromatic N) is 3. The molecule has 14 heavy (non-hydrogen) atoms. The summed E-state index contributed by atoms with van der Waals surface area (Å²) in [5.41, 5.74) is 0. The third kappa shape index (κ3) is 2.42. The minimum atomic E-state index is 0.660. The van der Waals surface area contributed by atoms with Crippen molar-refractivity contribution in [1.29, 1.82) is 0 Å². The van der Waals surface area contributed by atoms with E-state index in [1.54, 1.807) is 6.33 Å². The SMILES string of the molecule is CN1CCCCC1CNc1ncns1. The van der Waals surface area contributed by atoms with Crippen LogP contribution in [-0.4, -0.2) is 40.4 Å². The molecule has 0 aromatic carbocycles. The molecule has 1 fully saturated rings. The van der Waals surface area contributed by atoms with Crippen LogP contribution in [0.1, 0.15) is 19.3 Å². The molecule has 2 rings (SSSR count). The van der Waals surface area contributed by atoms with E-state index in [-0.39, 0.29) is 0 Å². The Bertz CT molecular complexity index is 262. The molecule has 0 spiro atoms. The number of nitrogens with one attached hydrogen (secondary N) is 1. The van der Waals surface area contributed by atoms with E-state index in [4.69, 9.17) is 0 Å². The Morgan fingerprint density at radius 1 is 1.64 bits per heavy atom. The predicted molar refractivity (Wildman–Crippen MR) is 58.7 cm³/mol. The molecule has 1 atom stereocenters. The van der Waals surface area contributed by atoms with Gasteiger partial charge in [-0.3, -0.25) is 0 Å². The maximum atomic E-state index is 4.10. The Balaban J connectivity index is 1.79. The molecule has 2 heterocycles. The third-order valence-electron chi connectivity index (χ3n) is 2.77. The Labute approximate surface area is 88.5 Å². The van der Waals surface area contributed by atoms with Crippen molar-refractivity contribution in [2.45, 2.75) is 25.3 Å². The van der Waals surface area contributed by atoms with Gasteiger partial charge in [-0.15, -0.1) is 0 Å². The number of hydrogen-bond acceptors (Lipinski definition) is 5. The largest absolute Gasteiger partial charge is 0.359 e. The average Bonchev–Trinajstić information content (AvgIpc) is 2.69. The summed E-state index contributed by atoms with van der Waals surface area (Å²) in [6.45, 7) is 2.22. The second-order valence-electron chi connectivity index (χ2n) is 3.76. The van der Waals surface area contributed by atoms with E-state index in [9.17, 15) is 0 Å². The number of likely N-dealkylation sites (tertiary alicyclic amines) is 1. The van der Waals surface area contributed by atoms with Crippen LogP contribution >= 0.6 is 11.5 Å².